The van der Waals surface area contributed by atoms with Crippen molar-refractivity contribution in [2.75, 3.05) is 0 Å². The van der Waals surface area contributed by atoms with Crippen molar-refractivity contribution in [3.8, 4) is 44.8 Å². The fourth-order valence-electron chi connectivity index (χ4n) is 9.06. The van der Waals surface area contributed by atoms with Crippen LogP contribution >= 0.6 is 0 Å². The van der Waals surface area contributed by atoms with Gasteiger partial charge in [-0.1, -0.05) is 140 Å². The average molecular weight is 727 g/mol. The van der Waals surface area contributed by atoms with Crippen molar-refractivity contribution < 1.29 is 4.42 Å². The summed E-state index contributed by atoms with van der Waals surface area (Å²) >= 11 is 0. The summed E-state index contributed by atoms with van der Waals surface area (Å²) in [7, 11) is 0. The fourth-order valence-corrected chi connectivity index (χ4v) is 9.06. The Morgan fingerprint density at radius 2 is 0.772 bits per heavy atom. The maximum atomic E-state index is 6.47. The fraction of sp³-hybridized carbons (Fsp3) is 0. The van der Waals surface area contributed by atoms with Gasteiger partial charge in [0.15, 0.2) is 0 Å². The molecule has 0 saturated carbocycles. The predicted molar refractivity (Wildman–Crippen MR) is 239 cm³/mol. The molecule has 0 unspecified atom stereocenters. The third-order valence-electron chi connectivity index (χ3n) is 11.7. The maximum absolute atomic E-state index is 6.47. The molecule has 0 fully saturated rings. The highest BCUT2D eigenvalue weighted by Gasteiger charge is 2.18. The van der Waals surface area contributed by atoms with Crippen LogP contribution in [0.1, 0.15) is 0 Å². The minimum Gasteiger partial charge on any atom is -0.455 e. The van der Waals surface area contributed by atoms with E-state index < -0.39 is 0 Å². The van der Waals surface area contributed by atoms with Gasteiger partial charge in [0.1, 0.15) is 11.2 Å². The molecule has 9 aromatic carbocycles. The number of hydrogen-bond acceptors (Lipinski definition) is 1. The van der Waals surface area contributed by atoms with Crippen LogP contribution in [0.2, 0.25) is 0 Å². The van der Waals surface area contributed by atoms with Gasteiger partial charge in [0.2, 0.25) is 0 Å². The van der Waals surface area contributed by atoms with Gasteiger partial charge >= 0.3 is 0 Å². The molecule has 0 aliphatic rings. The molecule has 0 saturated heterocycles. The predicted octanol–water partition coefficient (Wildman–Crippen LogP) is 14.8. The zero-order valence-corrected chi connectivity index (χ0v) is 30.9. The molecule has 0 N–H and O–H groups in total. The second-order valence-electron chi connectivity index (χ2n) is 14.9. The summed E-state index contributed by atoms with van der Waals surface area (Å²) in [5, 5.41) is 7.24. The Hall–Kier alpha value is -7.62. The molecule has 3 heterocycles. The molecule has 0 atom stereocenters. The van der Waals surface area contributed by atoms with E-state index >= 15 is 0 Å². The summed E-state index contributed by atoms with van der Waals surface area (Å²) in [5.74, 6) is 0. The highest BCUT2D eigenvalue weighted by molar-refractivity contribution is 6.14. The van der Waals surface area contributed by atoms with Gasteiger partial charge in [0.05, 0.1) is 22.1 Å². The SMILES string of the molecule is c1ccc(-n2c3ccccc3c3cc(-c4ccc(-c5ccc6c(c5)c5ccc(-c7cccc8c7oc7ccccc78)cc5n6-c5ccccc5)cc4)ccc32)cc1. The number of nitrogens with zero attached hydrogens (tertiary/aromatic N) is 2. The van der Waals surface area contributed by atoms with E-state index in [1.807, 2.05) is 12.1 Å². The molecule has 0 spiro atoms. The molecule has 266 valence electrons. The standard InChI is InChI=1S/C54H34N2O/c1-3-12-40(13-4-1)55-49-20-9-7-16-43(49)47-32-37(27-30-50(47)55)35-22-24-36(25-23-35)38-28-31-51-48(33-38)44-29-26-39(34-52(44)56(51)41-14-5-2-6-15-41)42-18-11-19-46-45-17-8-10-21-53(45)57-54(42)46/h1-34H. The summed E-state index contributed by atoms with van der Waals surface area (Å²) in [6, 6.07) is 74.4. The van der Waals surface area contributed by atoms with Crippen LogP contribution in [0.3, 0.4) is 0 Å². The molecule has 12 aromatic rings. The maximum Gasteiger partial charge on any atom is 0.143 e. The van der Waals surface area contributed by atoms with Crippen molar-refractivity contribution in [3.05, 3.63) is 206 Å². The number of benzene rings is 9. The van der Waals surface area contributed by atoms with Crippen LogP contribution < -0.4 is 0 Å². The Balaban J connectivity index is 0.959. The van der Waals surface area contributed by atoms with Gasteiger partial charge in [-0.25, -0.2) is 0 Å². The molecule has 3 aromatic heterocycles. The minimum atomic E-state index is 0.910. The molecule has 0 bridgehead atoms. The largest absolute Gasteiger partial charge is 0.455 e. The second-order valence-corrected chi connectivity index (χ2v) is 14.9. The molecule has 0 amide bonds. The van der Waals surface area contributed by atoms with Crippen LogP contribution in [0.15, 0.2) is 211 Å². The zero-order chi connectivity index (χ0) is 37.5. The van der Waals surface area contributed by atoms with E-state index in [1.165, 1.54) is 71.6 Å². The smallest absolute Gasteiger partial charge is 0.143 e. The van der Waals surface area contributed by atoms with Crippen LogP contribution in [0, 0.1) is 0 Å². The summed E-state index contributed by atoms with van der Waals surface area (Å²) in [6.45, 7) is 0. The first-order valence-electron chi connectivity index (χ1n) is 19.5. The number of rotatable bonds is 5. The van der Waals surface area contributed by atoms with Crippen molar-refractivity contribution in [2.24, 2.45) is 0 Å². The molecule has 3 heteroatoms. The zero-order valence-electron chi connectivity index (χ0n) is 30.9. The van der Waals surface area contributed by atoms with Crippen LogP contribution in [0.4, 0.5) is 0 Å². The molecule has 57 heavy (non-hydrogen) atoms. The van der Waals surface area contributed by atoms with E-state index in [2.05, 4.69) is 203 Å². The Morgan fingerprint density at radius 1 is 0.281 bits per heavy atom. The Kier molecular flexibility index (Phi) is 6.93. The van der Waals surface area contributed by atoms with Crippen LogP contribution in [0.5, 0.6) is 0 Å². The summed E-state index contributed by atoms with van der Waals surface area (Å²) in [4.78, 5) is 0. The first kappa shape index (κ1) is 31.7. The van der Waals surface area contributed by atoms with E-state index in [0.29, 0.717) is 0 Å². The molecule has 0 aliphatic heterocycles. The third kappa shape index (κ3) is 4.92. The Labute approximate surface area is 328 Å². The van der Waals surface area contributed by atoms with Gasteiger partial charge in [-0.15, -0.1) is 0 Å². The topological polar surface area (TPSA) is 23.0 Å². The number of hydrogen-bond donors (Lipinski definition) is 0. The second kappa shape index (κ2) is 12.5. The molecule has 12 rings (SSSR count). The van der Waals surface area contributed by atoms with Crippen molar-refractivity contribution in [2.45, 2.75) is 0 Å². The number of para-hydroxylation sites is 5. The van der Waals surface area contributed by atoms with Crippen LogP contribution in [-0.2, 0) is 0 Å². The van der Waals surface area contributed by atoms with Gasteiger partial charge < -0.3 is 13.6 Å². The highest BCUT2D eigenvalue weighted by atomic mass is 16.3. The van der Waals surface area contributed by atoms with E-state index in [0.717, 1.165) is 38.8 Å². The van der Waals surface area contributed by atoms with Crippen LogP contribution in [0.25, 0.3) is 110 Å². The molecule has 3 nitrogen and oxygen atoms in total. The van der Waals surface area contributed by atoms with Gasteiger partial charge in [-0.05, 0) is 94.5 Å². The van der Waals surface area contributed by atoms with Crippen molar-refractivity contribution in [3.63, 3.8) is 0 Å². The highest BCUT2D eigenvalue weighted by Crippen LogP contribution is 2.41. The number of fused-ring (bicyclic) bond motifs is 9. The number of furan rings is 1. The van der Waals surface area contributed by atoms with Crippen LogP contribution in [-0.4, -0.2) is 9.13 Å². The molecule has 0 radical (unpaired) electrons. The summed E-state index contributed by atoms with van der Waals surface area (Å²) in [5.41, 5.74) is 15.9. The van der Waals surface area contributed by atoms with Gasteiger partial charge in [-0.3, -0.25) is 0 Å². The third-order valence-corrected chi connectivity index (χ3v) is 11.7. The lowest BCUT2D eigenvalue weighted by molar-refractivity contribution is 0.670. The van der Waals surface area contributed by atoms with Gasteiger partial charge in [-0.2, -0.15) is 0 Å². The normalized spacial score (nSPS) is 11.9. The minimum absolute atomic E-state index is 0.910. The lowest BCUT2D eigenvalue weighted by Gasteiger charge is -2.10. The van der Waals surface area contributed by atoms with E-state index in [1.54, 1.807) is 0 Å². The summed E-state index contributed by atoms with van der Waals surface area (Å²) < 4.78 is 11.2. The first-order valence-corrected chi connectivity index (χ1v) is 19.5. The monoisotopic (exact) mass is 726 g/mol. The Morgan fingerprint density at radius 3 is 1.44 bits per heavy atom. The number of aromatic nitrogens is 2. The molecular weight excluding hydrogens is 693 g/mol. The lowest BCUT2D eigenvalue weighted by Crippen LogP contribution is -1.93. The van der Waals surface area contributed by atoms with E-state index in [9.17, 15) is 0 Å². The molecular formula is C54H34N2O. The quantitative estimate of drug-likeness (QED) is 0.173. The van der Waals surface area contributed by atoms with Crippen molar-refractivity contribution >= 4 is 65.6 Å². The van der Waals surface area contributed by atoms with E-state index in [-0.39, 0.29) is 0 Å². The Bertz CT molecular complexity index is 3490. The van der Waals surface area contributed by atoms with Crippen molar-refractivity contribution in [1.82, 2.24) is 9.13 Å². The van der Waals surface area contributed by atoms with Gasteiger partial charge in [0, 0.05) is 49.3 Å². The molecule has 0 aliphatic carbocycles. The van der Waals surface area contributed by atoms with Crippen molar-refractivity contribution in [1.29, 1.82) is 0 Å². The van der Waals surface area contributed by atoms with E-state index in [4.69, 9.17) is 4.42 Å². The first-order chi connectivity index (χ1) is 28.3. The lowest BCUT2D eigenvalue weighted by atomic mass is 9.97. The average Bonchev–Trinajstić information content (AvgIpc) is 3.94. The van der Waals surface area contributed by atoms with Gasteiger partial charge in [0.25, 0.3) is 0 Å². The summed E-state index contributed by atoms with van der Waals surface area (Å²) in [6.07, 6.45) is 0.